The summed E-state index contributed by atoms with van der Waals surface area (Å²) < 4.78 is 27.4. The van der Waals surface area contributed by atoms with Gasteiger partial charge in [0.15, 0.2) is 11.6 Å². The molecular weight excluding hydrogens is 376 g/mol. The molecule has 1 aliphatic heterocycles. The Kier molecular flexibility index (Phi) is 4.95. The third-order valence-electron chi connectivity index (χ3n) is 4.79. The third kappa shape index (κ3) is 3.54. The van der Waals surface area contributed by atoms with Crippen LogP contribution in [-0.4, -0.2) is 23.5 Å². The van der Waals surface area contributed by atoms with Crippen LogP contribution in [0.4, 0.5) is 24.1 Å². The van der Waals surface area contributed by atoms with Gasteiger partial charge in [0.1, 0.15) is 0 Å². The normalized spacial score (nSPS) is 15.9. The van der Waals surface area contributed by atoms with Gasteiger partial charge in [0, 0.05) is 6.54 Å². The molecule has 29 heavy (non-hydrogen) atoms. The summed E-state index contributed by atoms with van der Waals surface area (Å²) in [5.41, 5.74) is 2.26. The van der Waals surface area contributed by atoms with Gasteiger partial charge in [-0.3, -0.25) is 0 Å². The van der Waals surface area contributed by atoms with Crippen LogP contribution in [-0.2, 0) is 0 Å². The van der Waals surface area contributed by atoms with Crippen LogP contribution in [0.1, 0.15) is 11.6 Å². The molecule has 0 bridgehead atoms. The smallest absolute Gasteiger partial charge is 0.330 e. The van der Waals surface area contributed by atoms with Gasteiger partial charge in [-0.15, -0.1) is 0 Å². The highest BCUT2D eigenvalue weighted by molar-refractivity contribution is 6.02. The Morgan fingerprint density at radius 1 is 0.966 bits per heavy atom. The molecule has 2 N–H and O–H groups in total. The van der Waals surface area contributed by atoms with Crippen LogP contribution in [0, 0.1) is 11.6 Å². The first-order chi connectivity index (χ1) is 14.1. The number of amides is 4. The number of benzene rings is 3. The highest BCUT2D eigenvalue weighted by Gasteiger charge is 2.38. The molecule has 7 heteroatoms. The van der Waals surface area contributed by atoms with Gasteiger partial charge < -0.3 is 10.6 Å². The second-order valence-corrected chi connectivity index (χ2v) is 6.56. The topological polar surface area (TPSA) is 61.4 Å². The van der Waals surface area contributed by atoms with Crippen molar-refractivity contribution in [1.29, 1.82) is 0 Å². The molecule has 4 amide bonds. The average molecular weight is 393 g/mol. The number of imide groups is 1. The van der Waals surface area contributed by atoms with Crippen LogP contribution in [0.25, 0.3) is 11.1 Å². The minimum Gasteiger partial charge on any atom is -0.335 e. The van der Waals surface area contributed by atoms with Crippen molar-refractivity contribution in [2.45, 2.75) is 6.04 Å². The van der Waals surface area contributed by atoms with Gasteiger partial charge in [-0.25, -0.2) is 23.3 Å². The molecule has 3 aromatic carbocycles. The Bertz CT molecular complexity index is 1070. The van der Waals surface area contributed by atoms with E-state index < -0.39 is 29.7 Å². The first-order valence-corrected chi connectivity index (χ1v) is 9.02. The standard InChI is InChI=1S/C22H17F2N3O2/c23-17-11-6-12-18(20(17)24)26-22(29)27-19(13-25-21(27)28)16-10-5-4-9-15(16)14-7-2-1-3-8-14/h1-12,19H,13H2,(H,25,28)(H,26,29). The maximum atomic E-state index is 13.9. The molecule has 1 fully saturated rings. The number of anilines is 1. The Morgan fingerprint density at radius 2 is 1.69 bits per heavy atom. The van der Waals surface area contributed by atoms with E-state index in [4.69, 9.17) is 0 Å². The Hall–Kier alpha value is -3.74. The lowest BCUT2D eigenvalue weighted by Crippen LogP contribution is -2.39. The largest absolute Gasteiger partial charge is 0.335 e. The summed E-state index contributed by atoms with van der Waals surface area (Å²) in [5, 5.41) is 4.94. The van der Waals surface area contributed by atoms with Gasteiger partial charge in [0.25, 0.3) is 0 Å². The SMILES string of the molecule is O=C1NCC(c2ccccc2-c2ccccc2)N1C(=O)Nc1cccc(F)c1F. The van der Waals surface area contributed by atoms with E-state index in [0.29, 0.717) is 0 Å². The molecule has 1 heterocycles. The molecule has 146 valence electrons. The van der Waals surface area contributed by atoms with E-state index in [9.17, 15) is 18.4 Å². The Labute approximate surface area is 166 Å². The maximum absolute atomic E-state index is 13.9. The summed E-state index contributed by atoms with van der Waals surface area (Å²) in [6, 6.07) is 18.5. The van der Waals surface area contributed by atoms with E-state index in [1.807, 2.05) is 54.6 Å². The predicted molar refractivity (Wildman–Crippen MR) is 105 cm³/mol. The van der Waals surface area contributed by atoms with Crippen LogP contribution >= 0.6 is 0 Å². The van der Waals surface area contributed by atoms with E-state index in [1.165, 1.54) is 12.1 Å². The predicted octanol–water partition coefficient (Wildman–Crippen LogP) is 4.93. The molecular formula is C22H17F2N3O2. The van der Waals surface area contributed by atoms with Crippen molar-refractivity contribution in [2.75, 3.05) is 11.9 Å². The molecule has 1 aliphatic rings. The zero-order chi connectivity index (χ0) is 20.4. The second kappa shape index (κ2) is 7.71. The molecule has 1 saturated heterocycles. The van der Waals surface area contributed by atoms with Crippen molar-refractivity contribution < 1.29 is 18.4 Å². The quantitative estimate of drug-likeness (QED) is 0.663. The monoisotopic (exact) mass is 393 g/mol. The van der Waals surface area contributed by atoms with Crippen molar-refractivity contribution in [3.8, 4) is 11.1 Å². The zero-order valence-electron chi connectivity index (χ0n) is 15.2. The number of carbonyl (C=O) groups is 2. The van der Waals surface area contributed by atoms with Gasteiger partial charge in [-0.2, -0.15) is 0 Å². The minimum absolute atomic E-state index is 0.210. The van der Waals surface area contributed by atoms with Crippen molar-refractivity contribution in [3.05, 3.63) is 90.0 Å². The molecule has 4 rings (SSSR count). The second-order valence-electron chi connectivity index (χ2n) is 6.56. The van der Waals surface area contributed by atoms with E-state index in [-0.39, 0.29) is 12.2 Å². The third-order valence-corrected chi connectivity index (χ3v) is 4.79. The first-order valence-electron chi connectivity index (χ1n) is 9.02. The fraction of sp³-hybridized carbons (Fsp3) is 0.0909. The fourth-order valence-corrected chi connectivity index (χ4v) is 3.43. The van der Waals surface area contributed by atoms with Gasteiger partial charge in [-0.05, 0) is 28.8 Å². The van der Waals surface area contributed by atoms with E-state index in [1.54, 1.807) is 0 Å². The summed E-state index contributed by atoms with van der Waals surface area (Å²) >= 11 is 0. The number of halogens is 2. The summed E-state index contributed by atoms with van der Waals surface area (Å²) in [6.07, 6.45) is 0. The van der Waals surface area contributed by atoms with Crippen molar-refractivity contribution in [1.82, 2.24) is 10.2 Å². The summed E-state index contributed by atoms with van der Waals surface area (Å²) in [6.45, 7) is 0.210. The van der Waals surface area contributed by atoms with Crippen molar-refractivity contribution in [2.24, 2.45) is 0 Å². The van der Waals surface area contributed by atoms with Crippen LogP contribution in [0.5, 0.6) is 0 Å². The van der Waals surface area contributed by atoms with E-state index >= 15 is 0 Å². The van der Waals surface area contributed by atoms with Gasteiger partial charge in [-0.1, -0.05) is 60.7 Å². The number of carbonyl (C=O) groups excluding carboxylic acids is 2. The Balaban J connectivity index is 1.68. The first kappa shape index (κ1) is 18.6. The van der Waals surface area contributed by atoms with E-state index in [2.05, 4.69) is 10.6 Å². The molecule has 0 radical (unpaired) electrons. The van der Waals surface area contributed by atoms with Crippen LogP contribution in [0.15, 0.2) is 72.8 Å². The minimum atomic E-state index is -1.18. The van der Waals surface area contributed by atoms with Crippen molar-refractivity contribution in [3.63, 3.8) is 0 Å². The lowest BCUT2D eigenvalue weighted by atomic mass is 9.94. The lowest BCUT2D eigenvalue weighted by Gasteiger charge is -2.24. The number of urea groups is 2. The number of rotatable bonds is 3. The van der Waals surface area contributed by atoms with Crippen LogP contribution in [0.2, 0.25) is 0 Å². The molecule has 1 atom stereocenters. The van der Waals surface area contributed by atoms with Crippen molar-refractivity contribution >= 4 is 17.7 Å². The van der Waals surface area contributed by atoms with Gasteiger partial charge in [0.05, 0.1) is 11.7 Å². The molecule has 0 spiro atoms. The Morgan fingerprint density at radius 3 is 2.48 bits per heavy atom. The molecule has 0 saturated carbocycles. The van der Waals surface area contributed by atoms with E-state index in [0.717, 1.165) is 27.7 Å². The van der Waals surface area contributed by atoms with Gasteiger partial charge >= 0.3 is 12.1 Å². The zero-order valence-corrected chi connectivity index (χ0v) is 15.2. The molecule has 5 nitrogen and oxygen atoms in total. The van der Waals surface area contributed by atoms with Crippen LogP contribution < -0.4 is 10.6 Å². The van der Waals surface area contributed by atoms with Crippen LogP contribution in [0.3, 0.4) is 0 Å². The molecule has 0 aromatic heterocycles. The number of nitrogens with one attached hydrogen (secondary N) is 2. The highest BCUT2D eigenvalue weighted by atomic mass is 19.2. The summed E-state index contributed by atoms with van der Waals surface area (Å²) in [7, 11) is 0. The lowest BCUT2D eigenvalue weighted by molar-refractivity contribution is 0.197. The number of hydrogen-bond donors (Lipinski definition) is 2. The number of hydrogen-bond acceptors (Lipinski definition) is 2. The summed E-state index contributed by atoms with van der Waals surface area (Å²) in [5.74, 6) is -2.26. The fourth-order valence-electron chi connectivity index (χ4n) is 3.43. The molecule has 3 aromatic rings. The maximum Gasteiger partial charge on any atom is 0.330 e. The highest BCUT2D eigenvalue weighted by Crippen LogP contribution is 2.33. The van der Waals surface area contributed by atoms with Gasteiger partial charge in [0.2, 0.25) is 0 Å². The molecule has 1 unspecified atom stereocenters. The molecule has 0 aliphatic carbocycles. The number of nitrogens with zero attached hydrogens (tertiary/aromatic N) is 1. The summed E-state index contributed by atoms with van der Waals surface area (Å²) in [4.78, 5) is 26.2. The average Bonchev–Trinajstić information content (AvgIpc) is 3.13.